The first kappa shape index (κ1) is 13.4. The molecule has 0 aliphatic carbocycles. The molecule has 0 saturated carbocycles. The summed E-state index contributed by atoms with van der Waals surface area (Å²) >= 11 is 0. The van der Waals surface area contributed by atoms with Gasteiger partial charge in [0.25, 0.3) is 0 Å². The first-order chi connectivity index (χ1) is 8.59. The Balaban J connectivity index is 1.91. The zero-order valence-corrected chi connectivity index (χ0v) is 11.4. The normalized spacial score (nSPS) is 22.6. The van der Waals surface area contributed by atoms with Crippen molar-refractivity contribution in [2.75, 3.05) is 18.6 Å². The van der Waals surface area contributed by atoms with Crippen LogP contribution in [0, 0.1) is 0 Å². The Morgan fingerprint density at radius 1 is 1.44 bits per heavy atom. The summed E-state index contributed by atoms with van der Waals surface area (Å²) in [5.74, 6) is 1.42. The van der Waals surface area contributed by atoms with Crippen molar-refractivity contribution in [1.29, 1.82) is 0 Å². The second kappa shape index (κ2) is 5.71. The highest BCUT2D eigenvalue weighted by atomic mass is 32.2. The van der Waals surface area contributed by atoms with Crippen molar-refractivity contribution in [1.82, 2.24) is 5.32 Å². The monoisotopic (exact) mass is 269 g/mol. The molecule has 1 saturated heterocycles. The van der Waals surface area contributed by atoms with E-state index in [2.05, 4.69) is 5.32 Å². The van der Waals surface area contributed by atoms with Crippen molar-refractivity contribution in [3.63, 3.8) is 0 Å². The third kappa shape index (κ3) is 3.71. The Kier molecular flexibility index (Phi) is 4.24. The standard InChI is InChI=1S/C13H19NO3S/c1-17-13-6-2-4-11(8-13)9-14-12-5-3-7-18(15,16)10-12/h2,4,6,8,12,14H,3,5,7,9-10H2,1H3. The first-order valence-electron chi connectivity index (χ1n) is 6.16. The van der Waals surface area contributed by atoms with Crippen molar-refractivity contribution >= 4 is 9.84 Å². The van der Waals surface area contributed by atoms with E-state index in [1.807, 2.05) is 24.3 Å². The number of rotatable bonds is 4. The first-order valence-corrected chi connectivity index (χ1v) is 7.98. The molecule has 1 aromatic rings. The molecule has 0 aromatic heterocycles. The van der Waals surface area contributed by atoms with Crippen LogP contribution in [0.3, 0.4) is 0 Å². The minimum atomic E-state index is -2.84. The van der Waals surface area contributed by atoms with E-state index in [1.165, 1.54) is 0 Å². The number of hydrogen-bond donors (Lipinski definition) is 1. The highest BCUT2D eigenvalue weighted by Gasteiger charge is 2.23. The lowest BCUT2D eigenvalue weighted by Gasteiger charge is -2.23. The van der Waals surface area contributed by atoms with Crippen molar-refractivity contribution in [2.45, 2.75) is 25.4 Å². The van der Waals surface area contributed by atoms with Crippen molar-refractivity contribution in [3.8, 4) is 5.75 Å². The molecular weight excluding hydrogens is 250 g/mol. The molecular formula is C13H19NO3S. The highest BCUT2D eigenvalue weighted by molar-refractivity contribution is 7.91. The molecule has 0 radical (unpaired) electrons. The minimum absolute atomic E-state index is 0.0787. The van der Waals surface area contributed by atoms with Gasteiger partial charge in [-0.3, -0.25) is 0 Å². The Morgan fingerprint density at radius 2 is 2.28 bits per heavy atom. The predicted octanol–water partition coefficient (Wildman–Crippen LogP) is 1.36. The van der Waals surface area contributed by atoms with Crippen LogP contribution in [0.1, 0.15) is 18.4 Å². The maximum absolute atomic E-state index is 11.5. The molecule has 1 fully saturated rings. The van der Waals surface area contributed by atoms with Gasteiger partial charge in [0.2, 0.25) is 0 Å². The summed E-state index contributed by atoms with van der Waals surface area (Å²) in [5, 5.41) is 3.31. The predicted molar refractivity (Wildman–Crippen MR) is 71.5 cm³/mol. The fourth-order valence-electron chi connectivity index (χ4n) is 2.23. The smallest absolute Gasteiger partial charge is 0.151 e. The third-order valence-corrected chi connectivity index (χ3v) is 5.01. The summed E-state index contributed by atoms with van der Waals surface area (Å²) in [6.07, 6.45) is 1.70. The average Bonchev–Trinajstić information content (AvgIpc) is 2.35. The molecule has 1 unspecified atom stereocenters. The van der Waals surface area contributed by atoms with Gasteiger partial charge in [0.05, 0.1) is 18.6 Å². The Morgan fingerprint density at radius 3 is 3.00 bits per heavy atom. The maximum Gasteiger partial charge on any atom is 0.151 e. The van der Waals surface area contributed by atoms with Crippen LogP contribution in [-0.2, 0) is 16.4 Å². The van der Waals surface area contributed by atoms with Gasteiger partial charge in [-0.2, -0.15) is 0 Å². The molecule has 5 heteroatoms. The van der Waals surface area contributed by atoms with Crippen LogP contribution in [-0.4, -0.2) is 33.1 Å². The lowest BCUT2D eigenvalue weighted by atomic mass is 10.1. The molecule has 2 rings (SSSR count). The fraction of sp³-hybridized carbons (Fsp3) is 0.538. The SMILES string of the molecule is COc1cccc(CNC2CCCS(=O)(=O)C2)c1. The largest absolute Gasteiger partial charge is 0.497 e. The van der Waals surface area contributed by atoms with E-state index in [-0.39, 0.29) is 11.8 Å². The number of methoxy groups -OCH3 is 1. The van der Waals surface area contributed by atoms with Gasteiger partial charge in [0, 0.05) is 12.6 Å². The summed E-state index contributed by atoms with van der Waals surface area (Å²) in [6, 6.07) is 7.88. The zero-order valence-electron chi connectivity index (χ0n) is 10.6. The van der Waals surface area contributed by atoms with Crippen molar-refractivity contribution < 1.29 is 13.2 Å². The van der Waals surface area contributed by atoms with Crippen LogP contribution in [0.15, 0.2) is 24.3 Å². The van der Waals surface area contributed by atoms with Crippen LogP contribution >= 0.6 is 0 Å². The topological polar surface area (TPSA) is 55.4 Å². The van der Waals surface area contributed by atoms with E-state index in [9.17, 15) is 8.42 Å². The summed E-state index contributed by atoms with van der Waals surface area (Å²) in [7, 11) is -1.20. The lowest BCUT2D eigenvalue weighted by molar-refractivity contribution is 0.413. The van der Waals surface area contributed by atoms with Gasteiger partial charge in [-0.05, 0) is 30.5 Å². The molecule has 4 nitrogen and oxygen atoms in total. The molecule has 1 atom stereocenters. The van der Waals surface area contributed by atoms with Gasteiger partial charge in [-0.25, -0.2) is 8.42 Å². The summed E-state index contributed by atoms with van der Waals surface area (Å²) in [4.78, 5) is 0. The van der Waals surface area contributed by atoms with Crippen molar-refractivity contribution in [3.05, 3.63) is 29.8 Å². The van der Waals surface area contributed by atoms with Gasteiger partial charge in [0.15, 0.2) is 9.84 Å². The molecule has 1 aromatic carbocycles. The number of nitrogens with one attached hydrogen (secondary N) is 1. The lowest BCUT2D eigenvalue weighted by Crippen LogP contribution is -2.39. The van der Waals surface area contributed by atoms with Gasteiger partial charge >= 0.3 is 0 Å². The van der Waals surface area contributed by atoms with E-state index >= 15 is 0 Å². The second-order valence-electron chi connectivity index (χ2n) is 4.69. The molecule has 0 amide bonds. The Labute approximate surface area is 108 Å². The number of ether oxygens (including phenoxy) is 1. The molecule has 0 spiro atoms. The Hall–Kier alpha value is -1.07. The van der Waals surface area contributed by atoms with E-state index in [4.69, 9.17) is 4.74 Å². The van der Waals surface area contributed by atoms with Gasteiger partial charge in [-0.1, -0.05) is 12.1 Å². The Bertz CT molecular complexity index is 499. The summed E-state index contributed by atoms with van der Waals surface area (Å²) in [5.41, 5.74) is 1.11. The average molecular weight is 269 g/mol. The highest BCUT2D eigenvalue weighted by Crippen LogP contribution is 2.15. The van der Waals surface area contributed by atoms with Crippen LogP contribution in [0.5, 0.6) is 5.75 Å². The van der Waals surface area contributed by atoms with E-state index in [1.54, 1.807) is 7.11 Å². The van der Waals surface area contributed by atoms with Crippen molar-refractivity contribution in [2.24, 2.45) is 0 Å². The third-order valence-electron chi connectivity index (χ3n) is 3.19. The zero-order chi connectivity index (χ0) is 13.0. The van der Waals surface area contributed by atoms with Crippen LogP contribution < -0.4 is 10.1 Å². The van der Waals surface area contributed by atoms with E-state index < -0.39 is 9.84 Å². The van der Waals surface area contributed by atoms with E-state index in [0.717, 1.165) is 24.2 Å². The van der Waals surface area contributed by atoms with Crippen LogP contribution in [0.4, 0.5) is 0 Å². The number of sulfone groups is 1. The van der Waals surface area contributed by atoms with Gasteiger partial charge in [0.1, 0.15) is 5.75 Å². The second-order valence-corrected chi connectivity index (χ2v) is 6.91. The molecule has 0 bridgehead atoms. The summed E-state index contributed by atoms with van der Waals surface area (Å²) < 4.78 is 28.2. The van der Waals surface area contributed by atoms with E-state index in [0.29, 0.717) is 12.3 Å². The molecule has 1 aliphatic heterocycles. The summed E-state index contributed by atoms with van der Waals surface area (Å²) in [6.45, 7) is 0.678. The van der Waals surface area contributed by atoms with Gasteiger partial charge < -0.3 is 10.1 Å². The minimum Gasteiger partial charge on any atom is -0.497 e. The number of benzene rings is 1. The van der Waals surface area contributed by atoms with Crippen LogP contribution in [0.25, 0.3) is 0 Å². The molecule has 100 valence electrons. The molecule has 1 N–H and O–H groups in total. The maximum atomic E-state index is 11.5. The van der Waals surface area contributed by atoms with Gasteiger partial charge in [-0.15, -0.1) is 0 Å². The quantitative estimate of drug-likeness (QED) is 0.897. The fourth-order valence-corrected chi connectivity index (χ4v) is 3.90. The molecule has 18 heavy (non-hydrogen) atoms. The van der Waals surface area contributed by atoms with Crippen LogP contribution in [0.2, 0.25) is 0 Å². The number of hydrogen-bond acceptors (Lipinski definition) is 4. The molecule has 1 aliphatic rings. The molecule has 1 heterocycles.